The van der Waals surface area contributed by atoms with E-state index < -0.39 is 0 Å². The molecule has 4 rings (SSSR count). The zero-order chi connectivity index (χ0) is 19.9. The number of ether oxygens (including phenoxy) is 1. The van der Waals surface area contributed by atoms with Gasteiger partial charge >= 0.3 is 0 Å². The number of aromatic nitrogens is 4. The minimum atomic E-state index is -0.129. The number of rotatable bonds is 8. The molecule has 0 radical (unpaired) electrons. The van der Waals surface area contributed by atoms with E-state index in [4.69, 9.17) is 4.74 Å². The first-order valence-electron chi connectivity index (χ1n) is 9.58. The van der Waals surface area contributed by atoms with Gasteiger partial charge in [-0.1, -0.05) is 60.7 Å². The number of aryl methyl sites for hydroxylation is 1. The molecule has 1 N–H and O–H groups in total. The predicted molar refractivity (Wildman–Crippen MR) is 111 cm³/mol. The number of nitrogens with zero attached hydrogens (tertiary/aromatic N) is 3. The summed E-state index contributed by atoms with van der Waals surface area (Å²) in [6.45, 7) is 0.916. The van der Waals surface area contributed by atoms with Crippen LogP contribution in [0.15, 0.2) is 90.0 Å². The zero-order valence-corrected chi connectivity index (χ0v) is 15.9. The van der Waals surface area contributed by atoms with Gasteiger partial charge in [0.1, 0.15) is 6.61 Å². The first-order chi connectivity index (χ1) is 14.3. The van der Waals surface area contributed by atoms with Crippen LogP contribution in [0.25, 0.3) is 0 Å². The Labute approximate surface area is 168 Å². The SMILES string of the molecule is O=c1c(OCc2ccccc2)cccn1CCC(c1ccccc1)c1cn[nH]n1. The van der Waals surface area contributed by atoms with Gasteiger partial charge in [0.25, 0.3) is 5.56 Å². The maximum atomic E-state index is 12.8. The van der Waals surface area contributed by atoms with Crippen molar-refractivity contribution in [2.75, 3.05) is 0 Å². The summed E-state index contributed by atoms with van der Waals surface area (Å²) in [5.41, 5.74) is 2.90. The van der Waals surface area contributed by atoms with Gasteiger partial charge < -0.3 is 9.30 Å². The fraction of sp³-hybridized carbons (Fsp3) is 0.174. The highest BCUT2D eigenvalue weighted by molar-refractivity contribution is 5.27. The molecule has 2 heterocycles. The number of aromatic amines is 1. The predicted octanol–water partition coefficient (Wildman–Crippen LogP) is 3.77. The highest BCUT2D eigenvalue weighted by Crippen LogP contribution is 2.26. The summed E-state index contributed by atoms with van der Waals surface area (Å²) >= 11 is 0. The maximum absolute atomic E-state index is 12.8. The molecule has 4 aromatic rings. The minimum Gasteiger partial charge on any atom is -0.483 e. The van der Waals surface area contributed by atoms with Gasteiger partial charge in [-0.25, -0.2) is 0 Å². The van der Waals surface area contributed by atoms with Gasteiger partial charge in [0.2, 0.25) is 0 Å². The average molecular weight is 386 g/mol. The van der Waals surface area contributed by atoms with Gasteiger partial charge in [0.05, 0.1) is 11.9 Å². The Morgan fingerprint density at radius 2 is 1.72 bits per heavy atom. The van der Waals surface area contributed by atoms with Crippen LogP contribution in [0.4, 0.5) is 0 Å². The molecule has 0 aliphatic rings. The van der Waals surface area contributed by atoms with Gasteiger partial charge in [-0.3, -0.25) is 4.79 Å². The van der Waals surface area contributed by atoms with Gasteiger partial charge in [0, 0.05) is 18.7 Å². The van der Waals surface area contributed by atoms with E-state index >= 15 is 0 Å². The number of hydrogen-bond acceptors (Lipinski definition) is 4. The van der Waals surface area contributed by atoms with Gasteiger partial charge in [-0.05, 0) is 29.7 Å². The van der Waals surface area contributed by atoms with E-state index in [-0.39, 0.29) is 11.5 Å². The average Bonchev–Trinajstić information content (AvgIpc) is 3.30. The molecule has 0 bridgehead atoms. The number of benzene rings is 2. The highest BCUT2D eigenvalue weighted by atomic mass is 16.5. The summed E-state index contributed by atoms with van der Waals surface area (Å²) in [7, 11) is 0. The summed E-state index contributed by atoms with van der Waals surface area (Å²) in [4.78, 5) is 12.8. The van der Waals surface area contributed by atoms with E-state index in [1.807, 2.05) is 54.6 Å². The zero-order valence-electron chi connectivity index (χ0n) is 15.9. The van der Waals surface area contributed by atoms with Crippen LogP contribution in [-0.4, -0.2) is 20.0 Å². The molecular formula is C23H22N4O2. The van der Waals surface area contributed by atoms with E-state index in [0.717, 1.165) is 23.2 Å². The van der Waals surface area contributed by atoms with Crippen molar-refractivity contribution in [3.05, 3.63) is 112 Å². The van der Waals surface area contributed by atoms with Crippen molar-refractivity contribution >= 4 is 0 Å². The molecule has 2 aromatic heterocycles. The smallest absolute Gasteiger partial charge is 0.292 e. The number of pyridine rings is 1. The fourth-order valence-corrected chi connectivity index (χ4v) is 3.35. The van der Waals surface area contributed by atoms with Crippen molar-refractivity contribution < 1.29 is 4.74 Å². The Morgan fingerprint density at radius 3 is 2.45 bits per heavy atom. The van der Waals surface area contributed by atoms with E-state index in [9.17, 15) is 4.79 Å². The number of H-pyrrole nitrogens is 1. The van der Waals surface area contributed by atoms with Crippen LogP contribution in [0, 0.1) is 0 Å². The van der Waals surface area contributed by atoms with Crippen LogP contribution in [0.1, 0.15) is 29.2 Å². The van der Waals surface area contributed by atoms with E-state index in [1.54, 1.807) is 23.0 Å². The molecule has 0 aliphatic carbocycles. The summed E-state index contributed by atoms with van der Waals surface area (Å²) in [6, 6.07) is 23.5. The molecule has 6 nitrogen and oxygen atoms in total. The lowest BCUT2D eigenvalue weighted by molar-refractivity contribution is 0.298. The van der Waals surface area contributed by atoms with Crippen LogP contribution >= 0.6 is 0 Å². The Bertz CT molecular complexity index is 1080. The molecule has 1 unspecified atom stereocenters. The van der Waals surface area contributed by atoms with Crippen molar-refractivity contribution in [2.24, 2.45) is 0 Å². The summed E-state index contributed by atoms with van der Waals surface area (Å²) in [6.07, 6.45) is 4.25. The Balaban J connectivity index is 1.49. The van der Waals surface area contributed by atoms with E-state index in [2.05, 4.69) is 27.5 Å². The second kappa shape index (κ2) is 9.01. The number of hydrogen-bond donors (Lipinski definition) is 1. The van der Waals surface area contributed by atoms with Crippen molar-refractivity contribution in [3.8, 4) is 5.75 Å². The lowest BCUT2D eigenvalue weighted by atomic mass is 9.93. The van der Waals surface area contributed by atoms with Crippen molar-refractivity contribution in [1.29, 1.82) is 0 Å². The first-order valence-corrected chi connectivity index (χ1v) is 9.58. The van der Waals surface area contributed by atoms with Crippen molar-refractivity contribution in [2.45, 2.75) is 25.5 Å². The third-order valence-electron chi connectivity index (χ3n) is 4.87. The normalized spacial score (nSPS) is 11.9. The highest BCUT2D eigenvalue weighted by Gasteiger charge is 2.17. The Kier molecular flexibility index (Phi) is 5.81. The summed E-state index contributed by atoms with van der Waals surface area (Å²) < 4.78 is 7.46. The third kappa shape index (κ3) is 4.60. The van der Waals surface area contributed by atoms with E-state index in [0.29, 0.717) is 18.9 Å². The van der Waals surface area contributed by atoms with E-state index in [1.165, 1.54) is 0 Å². The lowest BCUT2D eigenvalue weighted by Crippen LogP contribution is -2.22. The molecule has 0 amide bonds. The number of nitrogens with one attached hydrogen (secondary N) is 1. The monoisotopic (exact) mass is 386 g/mol. The molecule has 146 valence electrons. The third-order valence-corrected chi connectivity index (χ3v) is 4.87. The molecule has 1 atom stereocenters. The molecule has 0 fully saturated rings. The molecule has 0 saturated heterocycles. The van der Waals surface area contributed by atoms with Gasteiger partial charge in [0.15, 0.2) is 5.75 Å². The molecule has 29 heavy (non-hydrogen) atoms. The fourth-order valence-electron chi connectivity index (χ4n) is 3.35. The molecule has 0 saturated carbocycles. The quantitative estimate of drug-likeness (QED) is 0.500. The van der Waals surface area contributed by atoms with Crippen LogP contribution in [-0.2, 0) is 13.2 Å². The largest absolute Gasteiger partial charge is 0.483 e. The summed E-state index contributed by atoms with van der Waals surface area (Å²) in [5.74, 6) is 0.407. The topological polar surface area (TPSA) is 72.8 Å². The molecule has 6 heteroatoms. The molecule has 2 aromatic carbocycles. The second-order valence-electron chi connectivity index (χ2n) is 6.79. The van der Waals surface area contributed by atoms with Gasteiger partial charge in [-0.15, -0.1) is 0 Å². The van der Waals surface area contributed by atoms with Crippen molar-refractivity contribution in [1.82, 2.24) is 20.0 Å². The van der Waals surface area contributed by atoms with Crippen LogP contribution < -0.4 is 10.3 Å². The maximum Gasteiger partial charge on any atom is 0.292 e. The van der Waals surface area contributed by atoms with Gasteiger partial charge in [-0.2, -0.15) is 15.4 Å². The molecule has 0 spiro atoms. The molecular weight excluding hydrogens is 364 g/mol. The lowest BCUT2D eigenvalue weighted by Gasteiger charge is -2.16. The first kappa shape index (κ1) is 18.7. The van der Waals surface area contributed by atoms with Crippen LogP contribution in [0.5, 0.6) is 5.75 Å². The Hall–Kier alpha value is -3.67. The van der Waals surface area contributed by atoms with Crippen LogP contribution in [0.3, 0.4) is 0 Å². The summed E-state index contributed by atoms with van der Waals surface area (Å²) in [5, 5.41) is 10.9. The molecule has 0 aliphatic heterocycles. The second-order valence-corrected chi connectivity index (χ2v) is 6.79. The van der Waals surface area contributed by atoms with Crippen molar-refractivity contribution in [3.63, 3.8) is 0 Å². The minimum absolute atomic E-state index is 0.0516. The van der Waals surface area contributed by atoms with Crippen LogP contribution in [0.2, 0.25) is 0 Å². The standard InChI is InChI=1S/C23H22N4O2/c28-23-22(29-17-18-8-3-1-4-9-18)12-7-14-27(23)15-13-20(21-16-24-26-25-21)19-10-5-2-6-11-19/h1-12,14,16,20H,13,15,17H2,(H,24,25,26). The Morgan fingerprint density at radius 1 is 0.966 bits per heavy atom.